The van der Waals surface area contributed by atoms with Crippen LogP contribution in [0.2, 0.25) is 0 Å². The molecule has 170 valence electrons. The van der Waals surface area contributed by atoms with E-state index in [1.807, 2.05) is 0 Å². The van der Waals surface area contributed by atoms with Gasteiger partial charge in [0.05, 0.1) is 0 Å². The summed E-state index contributed by atoms with van der Waals surface area (Å²) in [6.07, 6.45) is 2.81. The van der Waals surface area contributed by atoms with E-state index in [0.717, 1.165) is 17.7 Å². The molecule has 2 aromatic rings. The Kier molecular flexibility index (Phi) is 6.06. The molecule has 1 aromatic heterocycles. The van der Waals surface area contributed by atoms with Crippen molar-refractivity contribution >= 4 is 17.9 Å². The highest BCUT2D eigenvalue weighted by molar-refractivity contribution is 6.08. The topological polar surface area (TPSA) is 124 Å². The number of carbonyl (C=O) groups is 3. The first-order valence-electron chi connectivity index (χ1n) is 10.3. The monoisotopic (exact) mass is 446 g/mol. The van der Waals surface area contributed by atoms with Gasteiger partial charge in [0.25, 0.3) is 11.8 Å². The molecule has 1 spiro atoms. The first-order chi connectivity index (χ1) is 15.3. The molecule has 11 heteroatoms. The van der Waals surface area contributed by atoms with Gasteiger partial charge in [-0.25, -0.2) is 9.18 Å². The molecular formula is C21H23FN4O6. The van der Waals surface area contributed by atoms with Gasteiger partial charge in [-0.2, -0.15) is 4.98 Å². The van der Waals surface area contributed by atoms with E-state index in [-0.39, 0.29) is 36.7 Å². The maximum absolute atomic E-state index is 12.9. The number of aromatic nitrogens is 2. The van der Waals surface area contributed by atoms with Crippen LogP contribution in [0.15, 0.2) is 28.8 Å². The summed E-state index contributed by atoms with van der Waals surface area (Å²) in [7, 11) is 0. The van der Waals surface area contributed by atoms with Gasteiger partial charge >= 0.3 is 12.0 Å². The number of urea groups is 1. The van der Waals surface area contributed by atoms with E-state index in [9.17, 15) is 18.8 Å². The minimum absolute atomic E-state index is 0.0216. The van der Waals surface area contributed by atoms with Crippen molar-refractivity contribution in [1.82, 2.24) is 20.4 Å². The highest BCUT2D eigenvalue weighted by Crippen LogP contribution is 2.36. The van der Waals surface area contributed by atoms with Crippen LogP contribution in [-0.2, 0) is 27.5 Å². The maximum atomic E-state index is 12.9. The summed E-state index contributed by atoms with van der Waals surface area (Å²) in [5, 5.41) is 6.47. The summed E-state index contributed by atoms with van der Waals surface area (Å²) in [6.45, 7) is 1.29. The third-order valence-electron chi connectivity index (χ3n) is 5.71. The number of amides is 3. The Balaban J connectivity index is 1.25. The summed E-state index contributed by atoms with van der Waals surface area (Å²) in [5.74, 6) is -0.347. The van der Waals surface area contributed by atoms with E-state index < -0.39 is 24.1 Å². The van der Waals surface area contributed by atoms with Crippen molar-refractivity contribution in [2.75, 3.05) is 6.54 Å². The number of nitrogens with one attached hydrogen (secondary N) is 1. The fraction of sp³-hybridized carbons (Fsp3) is 0.476. The Bertz CT molecular complexity index is 1000. The third-order valence-corrected chi connectivity index (χ3v) is 5.71. The van der Waals surface area contributed by atoms with Crippen molar-refractivity contribution in [3.05, 3.63) is 41.8 Å². The summed E-state index contributed by atoms with van der Waals surface area (Å²) in [5.41, 5.74) is -0.907. The lowest BCUT2D eigenvalue weighted by Crippen LogP contribution is -2.49. The molecule has 2 aliphatic rings. The molecule has 1 saturated carbocycles. The standard InChI is InChI=1S/C21H23FN4O6/c1-13-6-8-21(9-7-13)19(28)26(20(29)24-21)10-18(27)31-12-17-23-16(25-32-17)11-30-15-4-2-14(22)3-5-15/h2-5,13H,6-12H2,1H3,(H,24,29). The minimum Gasteiger partial charge on any atom is -0.485 e. The first kappa shape index (κ1) is 21.7. The Morgan fingerprint density at radius 3 is 2.69 bits per heavy atom. The molecule has 1 saturated heterocycles. The maximum Gasteiger partial charge on any atom is 0.326 e. The van der Waals surface area contributed by atoms with Gasteiger partial charge in [-0.3, -0.25) is 14.5 Å². The normalized spacial score (nSPS) is 22.8. The summed E-state index contributed by atoms with van der Waals surface area (Å²) < 4.78 is 28.4. The van der Waals surface area contributed by atoms with E-state index in [1.54, 1.807) is 0 Å². The van der Waals surface area contributed by atoms with Crippen LogP contribution in [0.1, 0.15) is 44.3 Å². The largest absolute Gasteiger partial charge is 0.485 e. The number of benzene rings is 1. The summed E-state index contributed by atoms with van der Waals surface area (Å²) >= 11 is 0. The molecule has 2 fully saturated rings. The fourth-order valence-corrected chi connectivity index (χ4v) is 3.82. The van der Waals surface area contributed by atoms with Crippen LogP contribution < -0.4 is 10.1 Å². The predicted octanol–water partition coefficient (Wildman–Crippen LogP) is 2.33. The van der Waals surface area contributed by atoms with Gasteiger partial charge in [-0.05, 0) is 55.9 Å². The Morgan fingerprint density at radius 2 is 1.97 bits per heavy atom. The van der Waals surface area contributed by atoms with Gasteiger partial charge in [0.1, 0.15) is 23.7 Å². The Hall–Kier alpha value is -3.50. The molecular weight excluding hydrogens is 423 g/mol. The minimum atomic E-state index is -0.907. The highest BCUT2D eigenvalue weighted by Gasteiger charge is 2.52. The van der Waals surface area contributed by atoms with Crippen LogP contribution in [0.4, 0.5) is 9.18 Å². The number of carbonyl (C=O) groups excluding carboxylic acids is 3. The number of imide groups is 1. The molecule has 0 atom stereocenters. The van der Waals surface area contributed by atoms with E-state index in [0.29, 0.717) is 24.5 Å². The van der Waals surface area contributed by atoms with Crippen LogP contribution in [-0.4, -0.2) is 45.0 Å². The van der Waals surface area contributed by atoms with Crippen molar-refractivity contribution in [2.45, 2.75) is 51.4 Å². The Morgan fingerprint density at radius 1 is 1.25 bits per heavy atom. The van der Waals surface area contributed by atoms with E-state index in [4.69, 9.17) is 14.0 Å². The lowest BCUT2D eigenvalue weighted by Gasteiger charge is -2.33. The molecule has 2 heterocycles. The van der Waals surface area contributed by atoms with Gasteiger partial charge in [-0.15, -0.1) is 0 Å². The molecule has 1 aliphatic heterocycles. The van der Waals surface area contributed by atoms with Gasteiger partial charge in [0.15, 0.2) is 13.2 Å². The third kappa shape index (κ3) is 4.71. The van der Waals surface area contributed by atoms with Gasteiger partial charge < -0.3 is 19.3 Å². The second-order valence-electron chi connectivity index (χ2n) is 8.09. The van der Waals surface area contributed by atoms with Gasteiger partial charge in [0, 0.05) is 0 Å². The van der Waals surface area contributed by atoms with Crippen molar-refractivity contribution < 1.29 is 32.8 Å². The molecule has 4 rings (SSSR count). The number of hydrogen-bond acceptors (Lipinski definition) is 8. The average molecular weight is 446 g/mol. The zero-order valence-electron chi connectivity index (χ0n) is 17.5. The SMILES string of the molecule is CC1CCC2(CC1)NC(=O)N(CC(=O)OCc1nc(COc3ccc(F)cc3)no1)C2=O. The molecule has 0 unspecified atom stereocenters. The number of hydrogen-bond donors (Lipinski definition) is 1. The van der Waals surface area contributed by atoms with Crippen LogP contribution in [0.25, 0.3) is 0 Å². The zero-order valence-corrected chi connectivity index (χ0v) is 17.5. The zero-order chi connectivity index (χ0) is 22.7. The average Bonchev–Trinajstić information content (AvgIpc) is 3.32. The second kappa shape index (κ2) is 8.93. The predicted molar refractivity (Wildman–Crippen MR) is 105 cm³/mol. The summed E-state index contributed by atoms with van der Waals surface area (Å²) in [4.78, 5) is 42.2. The number of nitrogens with zero attached hydrogens (tertiary/aromatic N) is 3. The van der Waals surface area contributed by atoms with E-state index in [2.05, 4.69) is 22.4 Å². The van der Waals surface area contributed by atoms with Crippen LogP contribution in [0, 0.1) is 11.7 Å². The van der Waals surface area contributed by atoms with E-state index >= 15 is 0 Å². The number of halogens is 1. The van der Waals surface area contributed by atoms with Gasteiger partial charge in [0.2, 0.25) is 5.82 Å². The molecule has 1 N–H and O–H groups in total. The quantitative estimate of drug-likeness (QED) is 0.508. The van der Waals surface area contributed by atoms with Crippen LogP contribution >= 0.6 is 0 Å². The Labute approximate surface area is 183 Å². The van der Waals surface area contributed by atoms with Crippen LogP contribution in [0.3, 0.4) is 0 Å². The lowest BCUT2D eigenvalue weighted by atomic mass is 9.77. The molecule has 32 heavy (non-hydrogen) atoms. The van der Waals surface area contributed by atoms with Crippen molar-refractivity contribution in [3.63, 3.8) is 0 Å². The molecule has 3 amide bonds. The van der Waals surface area contributed by atoms with E-state index in [1.165, 1.54) is 24.3 Å². The lowest BCUT2D eigenvalue weighted by molar-refractivity contribution is -0.149. The van der Waals surface area contributed by atoms with Crippen LogP contribution in [0.5, 0.6) is 5.75 Å². The van der Waals surface area contributed by atoms with Crippen molar-refractivity contribution in [2.24, 2.45) is 5.92 Å². The molecule has 1 aliphatic carbocycles. The number of esters is 1. The summed E-state index contributed by atoms with van der Waals surface area (Å²) in [6, 6.07) is 4.87. The highest BCUT2D eigenvalue weighted by atomic mass is 19.1. The molecule has 10 nitrogen and oxygen atoms in total. The molecule has 1 aromatic carbocycles. The molecule has 0 bridgehead atoms. The molecule has 0 radical (unpaired) electrons. The second-order valence-corrected chi connectivity index (χ2v) is 8.09. The van der Waals surface area contributed by atoms with Crippen molar-refractivity contribution in [3.8, 4) is 5.75 Å². The van der Waals surface area contributed by atoms with Gasteiger partial charge in [-0.1, -0.05) is 12.1 Å². The number of ether oxygens (including phenoxy) is 2. The first-order valence-corrected chi connectivity index (χ1v) is 10.3. The fourth-order valence-electron chi connectivity index (χ4n) is 3.82. The van der Waals surface area contributed by atoms with Crippen molar-refractivity contribution in [1.29, 1.82) is 0 Å². The number of rotatable bonds is 7. The smallest absolute Gasteiger partial charge is 0.326 e.